The molecule has 0 aromatic heterocycles. The summed E-state index contributed by atoms with van der Waals surface area (Å²) in [4.78, 5) is 11.3. The summed E-state index contributed by atoms with van der Waals surface area (Å²) in [7, 11) is 0. The molecule has 6 heteroatoms. The van der Waals surface area contributed by atoms with E-state index < -0.39 is 35.9 Å². The van der Waals surface area contributed by atoms with Gasteiger partial charge in [-0.1, -0.05) is 20.8 Å². The van der Waals surface area contributed by atoms with Crippen molar-refractivity contribution in [1.29, 1.82) is 0 Å². The van der Waals surface area contributed by atoms with Crippen molar-refractivity contribution >= 4 is 5.97 Å². The van der Waals surface area contributed by atoms with Crippen LogP contribution in [0.15, 0.2) is 0 Å². The number of carbonyl (C=O) groups is 1. The Bertz CT molecular complexity index is 669. The number of aliphatic hydroxyl groups excluding tert-OH is 2. The highest BCUT2D eigenvalue weighted by atomic mass is 19.3. The third kappa shape index (κ3) is 3.07. The molecule has 4 aliphatic carbocycles. The minimum Gasteiger partial charge on any atom is -0.479 e. The van der Waals surface area contributed by atoms with Gasteiger partial charge in [-0.05, 0) is 85.4 Å². The van der Waals surface area contributed by atoms with Crippen molar-refractivity contribution in [2.75, 3.05) is 0 Å². The summed E-state index contributed by atoms with van der Waals surface area (Å²) in [5, 5.41) is 29.5. The van der Waals surface area contributed by atoms with Crippen molar-refractivity contribution in [3.8, 4) is 0 Å². The molecule has 3 N–H and O–H groups in total. The summed E-state index contributed by atoms with van der Waals surface area (Å²) < 4.78 is 31.2. The number of alkyl halides is 2. The first-order valence-electron chi connectivity index (χ1n) is 11.4. The lowest BCUT2D eigenvalue weighted by Crippen LogP contribution is -2.61. The van der Waals surface area contributed by atoms with E-state index in [1.54, 1.807) is 6.92 Å². The highest BCUT2D eigenvalue weighted by molar-refractivity contribution is 5.72. The average Bonchev–Trinajstić information content (AvgIpc) is 2.98. The third-order valence-electron chi connectivity index (χ3n) is 10.1. The van der Waals surface area contributed by atoms with Crippen molar-refractivity contribution in [2.45, 2.75) is 90.3 Å². The molecule has 10 atom stereocenters. The molecular weight excluding hydrogens is 378 g/mol. The van der Waals surface area contributed by atoms with Crippen LogP contribution in [0, 0.1) is 46.3 Å². The zero-order valence-electron chi connectivity index (χ0n) is 17.8. The Balaban J connectivity index is 1.65. The topological polar surface area (TPSA) is 77.8 Å². The predicted molar refractivity (Wildman–Crippen MR) is 104 cm³/mol. The Hall–Kier alpha value is -0.750. The highest BCUT2D eigenvalue weighted by Crippen LogP contribution is 2.71. The SMILES string of the molecule is C[C@H](C(O)C(=O)O)[C@H]1CCC2[C@H]3[C@H](CC[C@@]21C)[C@@]1(C)CC[C@@H](O)C[C@H]1CC3(F)F. The Labute approximate surface area is 172 Å². The molecule has 0 saturated heterocycles. The first kappa shape index (κ1) is 21.5. The van der Waals surface area contributed by atoms with E-state index in [2.05, 4.69) is 13.8 Å². The zero-order valence-corrected chi connectivity index (χ0v) is 17.8. The number of aliphatic hydroxyl groups is 2. The minimum atomic E-state index is -2.75. The van der Waals surface area contributed by atoms with Gasteiger partial charge in [-0.15, -0.1) is 0 Å². The molecule has 0 radical (unpaired) electrons. The Morgan fingerprint density at radius 1 is 1.03 bits per heavy atom. The van der Waals surface area contributed by atoms with E-state index in [0.29, 0.717) is 25.7 Å². The van der Waals surface area contributed by atoms with Crippen LogP contribution in [-0.4, -0.2) is 39.4 Å². The molecule has 0 amide bonds. The molecule has 0 aliphatic heterocycles. The van der Waals surface area contributed by atoms with Crippen LogP contribution in [0.3, 0.4) is 0 Å². The molecule has 0 spiro atoms. The monoisotopic (exact) mass is 414 g/mol. The van der Waals surface area contributed by atoms with Crippen LogP contribution in [0.25, 0.3) is 0 Å². The fraction of sp³-hybridized carbons (Fsp3) is 0.957. The lowest BCUT2D eigenvalue weighted by atomic mass is 9.43. The Morgan fingerprint density at radius 3 is 2.31 bits per heavy atom. The number of carboxylic acids is 1. The molecule has 29 heavy (non-hydrogen) atoms. The number of rotatable bonds is 3. The molecule has 0 heterocycles. The van der Waals surface area contributed by atoms with Crippen LogP contribution in [0.2, 0.25) is 0 Å². The van der Waals surface area contributed by atoms with Gasteiger partial charge in [0.15, 0.2) is 6.10 Å². The van der Waals surface area contributed by atoms with Gasteiger partial charge in [0.05, 0.1) is 6.10 Å². The Morgan fingerprint density at radius 2 is 1.66 bits per heavy atom. The van der Waals surface area contributed by atoms with E-state index in [-0.39, 0.29) is 40.9 Å². The van der Waals surface area contributed by atoms with Crippen LogP contribution in [0.4, 0.5) is 8.78 Å². The summed E-state index contributed by atoms with van der Waals surface area (Å²) in [6, 6.07) is 0. The van der Waals surface area contributed by atoms with Crippen molar-refractivity contribution in [1.82, 2.24) is 0 Å². The number of hydrogen-bond acceptors (Lipinski definition) is 3. The van der Waals surface area contributed by atoms with E-state index >= 15 is 8.78 Å². The smallest absolute Gasteiger partial charge is 0.332 e. The second kappa shape index (κ2) is 6.88. The van der Waals surface area contributed by atoms with Gasteiger partial charge in [0.1, 0.15) is 0 Å². The van der Waals surface area contributed by atoms with E-state index in [0.717, 1.165) is 19.3 Å². The summed E-state index contributed by atoms with van der Waals surface area (Å²) in [6.45, 7) is 6.02. The quantitative estimate of drug-likeness (QED) is 0.642. The van der Waals surface area contributed by atoms with Crippen LogP contribution in [-0.2, 0) is 4.79 Å². The van der Waals surface area contributed by atoms with Crippen LogP contribution >= 0.6 is 0 Å². The minimum absolute atomic E-state index is 0.0414. The highest BCUT2D eigenvalue weighted by Gasteiger charge is 2.68. The zero-order chi connectivity index (χ0) is 21.4. The van der Waals surface area contributed by atoms with E-state index in [1.807, 2.05) is 0 Å². The van der Waals surface area contributed by atoms with Gasteiger partial charge in [-0.3, -0.25) is 0 Å². The molecule has 4 fully saturated rings. The Kier molecular flexibility index (Phi) is 5.09. The maximum Gasteiger partial charge on any atom is 0.332 e. The number of fused-ring (bicyclic) bond motifs is 5. The second-order valence-corrected chi connectivity index (χ2v) is 11.2. The largest absolute Gasteiger partial charge is 0.479 e. The molecule has 4 aliphatic rings. The summed E-state index contributed by atoms with van der Waals surface area (Å²) in [5.41, 5.74) is -0.491. The van der Waals surface area contributed by atoms with Crippen molar-refractivity contribution in [3.05, 3.63) is 0 Å². The summed E-state index contributed by atoms with van der Waals surface area (Å²) in [6.07, 6.45) is 2.94. The van der Waals surface area contributed by atoms with Gasteiger partial charge >= 0.3 is 5.97 Å². The molecule has 166 valence electrons. The van der Waals surface area contributed by atoms with Crippen LogP contribution in [0.5, 0.6) is 0 Å². The first-order valence-corrected chi connectivity index (χ1v) is 11.4. The number of hydrogen-bond donors (Lipinski definition) is 3. The molecular formula is C23H36F2O4. The fourth-order valence-corrected chi connectivity index (χ4v) is 8.48. The summed E-state index contributed by atoms with van der Waals surface area (Å²) >= 11 is 0. The maximum atomic E-state index is 15.6. The van der Waals surface area contributed by atoms with E-state index in [4.69, 9.17) is 0 Å². The molecule has 4 rings (SSSR count). The first-order chi connectivity index (χ1) is 13.4. The van der Waals surface area contributed by atoms with Crippen LogP contribution in [0.1, 0.15) is 72.1 Å². The molecule has 2 unspecified atom stereocenters. The van der Waals surface area contributed by atoms with E-state index in [1.165, 1.54) is 0 Å². The predicted octanol–water partition coefficient (Wildman–Crippen LogP) is 4.33. The van der Waals surface area contributed by atoms with Crippen LogP contribution < -0.4 is 0 Å². The number of halogens is 2. The second-order valence-electron chi connectivity index (χ2n) is 11.2. The third-order valence-corrected chi connectivity index (χ3v) is 10.1. The molecule has 0 aromatic rings. The van der Waals surface area contributed by atoms with Gasteiger partial charge in [0.25, 0.3) is 5.92 Å². The van der Waals surface area contributed by atoms with Gasteiger partial charge in [0.2, 0.25) is 0 Å². The molecule has 4 nitrogen and oxygen atoms in total. The molecule has 0 aromatic carbocycles. The van der Waals surface area contributed by atoms with Crippen molar-refractivity contribution < 1.29 is 28.9 Å². The summed E-state index contributed by atoms with van der Waals surface area (Å²) in [5.74, 6) is -5.43. The standard InChI is InChI=1S/C23H36F2O4/c1-12(19(27)20(28)29)15-4-5-16-18-17(7-9-22(15,16)3)21(2)8-6-14(26)10-13(21)11-23(18,24)25/h12-19,26-27H,4-11H2,1-3H3,(H,28,29)/t12-,13-,14+,15+,16?,17-,18-,19?,21-,22+/m0/s1. The van der Waals surface area contributed by atoms with Gasteiger partial charge in [-0.25, -0.2) is 13.6 Å². The van der Waals surface area contributed by atoms with Crippen molar-refractivity contribution in [3.63, 3.8) is 0 Å². The maximum absolute atomic E-state index is 15.6. The van der Waals surface area contributed by atoms with Gasteiger partial charge < -0.3 is 15.3 Å². The van der Waals surface area contributed by atoms with E-state index in [9.17, 15) is 20.1 Å². The molecule has 4 saturated carbocycles. The average molecular weight is 415 g/mol. The van der Waals surface area contributed by atoms with Gasteiger partial charge in [0, 0.05) is 12.3 Å². The number of aliphatic carboxylic acids is 1. The lowest BCUT2D eigenvalue weighted by Gasteiger charge is -2.63. The lowest BCUT2D eigenvalue weighted by molar-refractivity contribution is -0.238. The van der Waals surface area contributed by atoms with Gasteiger partial charge in [-0.2, -0.15) is 0 Å². The number of carboxylic acid groups (broad SMARTS) is 1. The fourth-order valence-electron chi connectivity index (χ4n) is 8.48. The van der Waals surface area contributed by atoms with Crippen molar-refractivity contribution in [2.24, 2.45) is 46.3 Å². The molecule has 0 bridgehead atoms. The normalized spacial score (nSPS) is 50.7.